The van der Waals surface area contributed by atoms with E-state index in [0.29, 0.717) is 5.65 Å². The van der Waals surface area contributed by atoms with Gasteiger partial charge in [0.1, 0.15) is 5.65 Å². The van der Waals surface area contributed by atoms with Crippen LogP contribution in [0.15, 0.2) is 24.4 Å². The van der Waals surface area contributed by atoms with Crippen molar-refractivity contribution in [3.8, 4) is 0 Å². The second-order valence-corrected chi connectivity index (χ2v) is 5.29. The molecule has 8 nitrogen and oxygen atoms in total. The van der Waals surface area contributed by atoms with Gasteiger partial charge in [0, 0.05) is 5.69 Å². The summed E-state index contributed by atoms with van der Waals surface area (Å²) in [6, 6.07) is 4.56. The number of pyridine rings is 1. The van der Waals surface area contributed by atoms with E-state index in [9.17, 15) is 14.3 Å². The van der Waals surface area contributed by atoms with Gasteiger partial charge >= 0.3 is 13.6 Å². The van der Waals surface area contributed by atoms with Crippen molar-refractivity contribution in [2.75, 3.05) is 0 Å². The minimum Gasteiger partial charge on any atom is -0.477 e. The summed E-state index contributed by atoms with van der Waals surface area (Å²) in [6.07, 6.45) is 0.612. The molecule has 9 heteroatoms. The van der Waals surface area contributed by atoms with Gasteiger partial charge in [-0.3, -0.25) is 8.97 Å². The Bertz CT molecular complexity index is 652. The fourth-order valence-electron chi connectivity index (χ4n) is 1.61. The Morgan fingerprint density at radius 2 is 2.22 bits per heavy atom. The molecule has 0 aliphatic heterocycles. The molecule has 2 aromatic heterocycles. The lowest BCUT2D eigenvalue weighted by molar-refractivity contribution is -0.146. The molecule has 0 saturated heterocycles. The van der Waals surface area contributed by atoms with Gasteiger partial charge in [-0.05, 0) is 12.1 Å². The van der Waals surface area contributed by atoms with Gasteiger partial charge in [0.05, 0.1) is 12.4 Å². The molecule has 1 unspecified atom stereocenters. The summed E-state index contributed by atoms with van der Waals surface area (Å²) in [5, 5.41) is 17.3. The van der Waals surface area contributed by atoms with Crippen LogP contribution in [0.1, 0.15) is 16.2 Å². The molecule has 0 amide bonds. The highest BCUT2D eigenvalue weighted by molar-refractivity contribution is 7.51. The van der Waals surface area contributed by atoms with Crippen molar-refractivity contribution in [3.05, 3.63) is 35.8 Å². The zero-order chi connectivity index (χ0) is 13.3. The minimum atomic E-state index is -4.21. The van der Waals surface area contributed by atoms with Gasteiger partial charge in [0.25, 0.3) is 0 Å². The Labute approximate surface area is 101 Å². The Balaban J connectivity index is 2.60. The number of carboxylic acid groups (broad SMARTS) is 1. The topological polar surface area (TPSA) is 121 Å². The van der Waals surface area contributed by atoms with Crippen molar-refractivity contribution in [1.82, 2.24) is 9.38 Å². The van der Waals surface area contributed by atoms with Crippen LogP contribution < -0.4 is 0 Å². The summed E-state index contributed by atoms with van der Waals surface area (Å²) in [5.74, 6) is -1.22. The molecule has 2 rings (SSSR count). The standard InChI is InChI=1S/C9H9N2O6P/c12-9(13)7-4-10-8-3-1-2-6(11(7)8)5-18(15,16)17-14/h1-4,14H,5H2,(H,12,13)(H,15,16). The number of rotatable bonds is 4. The first-order valence-electron chi connectivity index (χ1n) is 4.78. The monoisotopic (exact) mass is 272 g/mol. The molecular weight excluding hydrogens is 263 g/mol. The fourth-order valence-corrected chi connectivity index (χ4v) is 2.33. The second kappa shape index (κ2) is 4.51. The third-order valence-corrected chi connectivity index (χ3v) is 3.30. The van der Waals surface area contributed by atoms with Crippen molar-refractivity contribution in [2.24, 2.45) is 0 Å². The zero-order valence-electron chi connectivity index (χ0n) is 8.92. The number of hydrogen-bond acceptors (Lipinski definition) is 5. The van der Waals surface area contributed by atoms with Gasteiger partial charge in [-0.15, -0.1) is 0 Å². The van der Waals surface area contributed by atoms with E-state index in [1.54, 1.807) is 12.1 Å². The van der Waals surface area contributed by atoms with Crippen LogP contribution in [0.3, 0.4) is 0 Å². The molecule has 1 atom stereocenters. The Hall–Kier alpha value is -1.73. The molecule has 3 N–H and O–H groups in total. The lowest BCUT2D eigenvalue weighted by atomic mass is 10.3. The van der Waals surface area contributed by atoms with Crippen molar-refractivity contribution in [1.29, 1.82) is 0 Å². The third-order valence-electron chi connectivity index (χ3n) is 2.32. The largest absolute Gasteiger partial charge is 0.477 e. The van der Waals surface area contributed by atoms with E-state index in [4.69, 9.17) is 10.4 Å². The maximum Gasteiger partial charge on any atom is 0.361 e. The van der Waals surface area contributed by atoms with Crippen LogP contribution in [0.25, 0.3) is 5.65 Å². The fraction of sp³-hybridized carbons (Fsp3) is 0.111. The van der Waals surface area contributed by atoms with Gasteiger partial charge in [0.15, 0.2) is 5.69 Å². The molecule has 0 aliphatic rings. The van der Waals surface area contributed by atoms with Crippen molar-refractivity contribution in [2.45, 2.75) is 6.16 Å². The molecule has 0 fully saturated rings. The molecule has 0 aromatic carbocycles. The first-order valence-corrected chi connectivity index (χ1v) is 6.54. The van der Waals surface area contributed by atoms with Crippen LogP contribution >= 0.6 is 7.60 Å². The van der Waals surface area contributed by atoms with E-state index in [2.05, 4.69) is 9.66 Å². The van der Waals surface area contributed by atoms with E-state index in [1.165, 1.54) is 10.5 Å². The number of aromatic nitrogens is 2. The molecule has 18 heavy (non-hydrogen) atoms. The quantitative estimate of drug-likeness (QED) is 0.434. The number of aromatic carboxylic acids is 1. The highest BCUT2D eigenvalue weighted by atomic mass is 31.2. The molecule has 96 valence electrons. The normalized spacial score (nSPS) is 14.6. The summed E-state index contributed by atoms with van der Waals surface area (Å²) in [5.41, 5.74) is 0.378. The molecule has 0 aliphatic carbocycles. The molecule has 0 saturated carbocycles. The van der Waals surface area contributed by atoms with E-state index in [0.717, 1.165) is 6.20 Å². The van der Waals surface area contributed by atoms with E-state index < -0.39 is 19.7 Å². The molecule has 2 aromatic rings. The summed E-state index contributed by atoms with van der Waals surface area (Å²) >= 11 is 0. The first-order chi connectivity index (χ1) is 8.44. The van der Waals surface area contributed by atoms with E-state index in [1.807, 2.05) is 0 Å². The van der Waals surface area contributed by atoms with Gasteiger partial charge in [-0.1, -0.05) is 6.07 Å². The summed E-state index contributed by atoms with van der Waals surface area (Å²) in [4.78, 5) is 24.1. The number of imidazole rings is 1. The average molecular weight is 272 g/mol. The average Bonchev–Trinajstić information content (AvgIpc) is 2.73. The molecular formula is C9H9N2O6P. The molecule has 2 heterocycles. The minimum absolute atomic E-state index is 0.140. The van der Waals surface area contributed by atoms with Crippen molar-refractivity contribution >= 4 is 19.2 Å². The summed E-state index contributed by atoms with van der Waals surface area (Å²) in [7, 11) is -4.21. The Morgan fingerprint density at radius 1 is 1.50 bits per heavy atom. The Kier molecular flexibility index (Phi) is 3.18. The number of fused-ring (bicyclic) bond motifs is 1. The maximum absolute atomic E-state index is 11.3. The number of nitrogens with zero attached hydrogens (tertiary/aromatic N) is 2. The number of carbonyl (C=O) groups is 1. The van der Waals surface area contributed by atoms with Crippen molar-refractivity contribution in [3.63, 3.8) is 0 Å². The predicted molar refractivity (Wildman–Crippen MR) is 59.4 cm³/mol. The van der Waals surface area contributed by atoms with Crippen LogP contribution in [0.2, 0.25) is 0 Å². The van der Waals surface area contributed by atoms with Gasteiger partial charge in [0.2, 0.25) is 0 Å². The van der Waals surface area contributed by atoms with Gasteiger partial charge in [-0.25, -0.2) is 15.0 Å². The molecule has 0 spiro atoms. The van der Waals surface area contributed by atoms with Crippen LogP contribution in [0.4, 0.5) is 0 Å². The van der Waals surface area contributed by atoms with E-state index in [-0.39, 0.29) is 11.4 Å². The zero-order valence-corrected chi connectivity index (χ0v) is 9.82. The highest BCUT2D eigenvalue weighted by Gasteiger charge is 2.23. The molecule has 0 radical (unpaired) electrons. The third kappa shape index (κ3) is 2.27. The number of carboxylic acids is 1. The van der Waals surface area contributed by atoms with Crippen LogP contribution in [0.5, 0.6) is 0 Å². The highest BCUT2D eigenvalue weighted by Crippen LogP contribution is 2.44. The lowest BCUT2D eigenvalue weighted by Crippen LogP contribution is -2.06. The van der Waals surface area contributed by atoms with Crippen LogP contribution in [-0.4, -0.2) is 30.6 Å². The van der Waals surface area contributed by atoms with Gasteiger partial charge in [-0.2, -0.15) is 4.67 Å². The van der Waals surface area contributed by atoms with E-state index >= 15 is 0 Å². The van der Waals surface area contributed by atoms with Crippen LogP contribution in [0, 0.1) is 0 Å². The second-order valence-electron chi connectivity index (χ2n) is 3.54. The lowest BCUT2D eigenvalue weighted by Gasteiger charge is -2.09. The number of hydrogen-bond donors (Lipinski definition) is 3. The maximum atomic E-state index is 11.3. The molecule has 0 bridgehead atoms. The summed E-state index contributed by atoms with van der Waals surface area (Å²) in [6.45, 7) is 0. The first kappa shape index (κ1) is 12.7. The smallest absolute Gasteiger partial charge is 0.361 e. The SMILES string of the molecule is O=C(O)c1cnc2cccc(CP(=O)(O)OO)n12. The van der Waals surface area contributed by atoms with Crippen molar-refractivity contribution < 1.29 is 29.3 Å². The Morgan fingerprint density at radius 3 is 2.83 bits per heavy atom. The predicted octanol–water partition coefficient (Wildman–Crippen LogP) is 1.21. The van der Waals surface area contributed by atoms with Crippen LogP contribution in [-0.2, 0) is 15.4 Å². The summed E-state index contributed by atoms with van der Waals surface area (Å²) < 4.78 is 16.0. The van der Waals surface area contributed by atoms with Gasteiger partial charge < -0.3 is 10.00 Å².